The van der Waals surface area contributed by atoms with Crippen LogP contribution in [0.3, 0.4) is 0 Å². The average molecular weight is 297 g/mol. The molecule has 2 rings (SSSR count). The van der Waals surface area contributed by atoms with E-state index < -0.39 is 0 Å². The Morgan fingerprint density at radius 3 is 2.58 bits per heavy atom. The van der Waals surface area contributed by atoms with Crippen molar-refractivity contribution in [2.75, 3.05) is 7.11 Å². The molecule has 0 amide bonds. The number of ether oxygens (including phenoxy) is 2. The summed E-state index contributed by atoms with van der Waals surface area (Å²) in [6.45, 7) is 1.99. The molecule has 0 radical (unpaired) electrons. The molecule has 0 heterocycles. The fourth-order valence-corrected chi connectivity index (χ4v) is 2.19. The predicted octanol–water partition coefficient (Wildman–Crippen LogP) is 5.19. The quantitative estimate of drug-likeness (QED) is 0.723. The van der Waals surface area contributed by atoms with Gasteiger partial charge in [-0.25, -0.2) is 0 Å². The van der Waals surface area contributed by atoms with Crippen molar-refractivity contribution in [3.05, 3.63) is 52.5 Å². The molecule has 0 N–H and O–H groups in total. The van der Waals surface area contributed by atoms with Gasteiger partial charge in [0.1, 0.15) is 0 Å². The molecular formula is C15H14Cl2O2. The number of rotatable bonds is 4. The largest absolute Gasteiger partial charge is 0.493 e. The van der Waals surface area contributed by atoms with Crippen molar-refractivity contribution < 1.29 is 9.47 Å². The van der Waals surface area contributed by atoms with E-state index in [1.165, 1.54) is 0 Å². The summed E-state index contributed by atoms with van der Waals surface area (Å²) in [6, 6.07) is 11.2. The van der Waals surface area contributed by atoms with Crippen LogP contribution >= 0.6 is 23.2 Å². The highest BCUT2D eigenvalue weighted by molar-refractivity contribution is 6.32. The summed E-state index contributed by atoms with van der Waals surface area (Å²) in [5, 5.41) is 0.528. The number of hydrogen-bond acceptors (Lipinski definition) is 2. The monoisotopic (exact) mass is 296 g/mol. The first-order valence-corrected chi connectivity index (χ1v) is 6.72. The smallest absolute Gasteiger partial charge is 0.169 e. The van der Waals surface area contributed by atoms with Crippen molar-refractivity contribution in [3.63, 3.8) is 0 Å². The summed E-state index contributed by atoms with van der Waals surface area (Å²) in [4.78, 5) is 0. The number of hydrogen-bond donors (Lipinski definition) is 0. The molecule has 2 aromatic carbocycles. The first-order valence-electron chi connectivity index (χ1n) is 5.81. The molecule has 0 saturated heterocycles. The van der Waals surface area contributed by atoms with Gasteiger partial charge in [-0.3, -0.25) is 0 Å². The fourth-order valence-electron chi connectivity index (χ4n) is 1.74. The van der Waals surface area contributed by atoms with E-state index in [2.05, 4.69) is 0 Å². The number of benzene rings is 2. The van der Waals surface area contributed by atoms with Crippen LogP contribution in [0.2, 0.25) is 5.02 Å². The first kappa shape index (κ1) is 14.0. The molecule has 0 aliphatic heterocycles. The van der Waals surface area contributed by atoms with Crippen molar-refractivity contribution in [1.82, 2.24) is 0 Å². The zero-order valence-corrected chi connectivity index (χ0v) is 12.3. The normalized spacial score (nSPS) is 10.3. The number of alkyl halides is 1. The van der Waals surface area contributed by atoms with E-state index in [1.807, 2.05) is 37.3 Å². The van der Waals surface area contributed by atoms with Crippen LogP contribution in [0.1, 0.15) is 11.1 Å². The lowest BCUT2D eigenvalue weighted by Crippen LogP contribution is -1.94. The summed E-state index contributed by atoms with van der Waals surface area (Å²) in [5.41, 5.74) is 1.94. The minimum absolute atomic E-state index is 0.337. The molecule has 4 heteroatoms. The van der Waals surface area contributed by atoms with E-state index in [0.29, 0.717) is 28.2 Å². The zero-order chi connectivity index (χ0) is 13.8. The molecule has 0 spiro atoms. The van der Waals surface area contributed by atoms with Gasteiger partial charge in [-0.1, -0.05) is 29.8 Å². The Bertz CT molecular complexity index is 582. The van der Waals surface area contributed by atoms with Gasteiger partial charge in [-0.15, -0.1) is 11.6 Å². The Morgan fingerprint density at radius 1 is 1.11 bits per heavy atom. The van der Waals surface area contributed by atoms with Gasteiger partial charge < -0.3 is 9.47 Å². The summed E-state index contributed by atoms with van der Waals surface area (Å²) in [7, 11) is 1.61. The van der Waals surface area contributed by atoms with Crippen LogP contribution in [0.4, 0.5) is 0 Å². The Hall–Kier alpha value is -1.38. The lowest BCUT2D eigenvalue weighted by molar-refractivity contribution is 0.377. The van der Waals surface area contributed by atoms with Crippen LogP contribution < -0.4 is 9.47 Å². The number of methoxy groups -OCH3 is 1. The topological polar surface area (TPSA) is 18.5 Å². The summed E-state index contributed by atoms with van der Waals surface area (Å²) in [5.74, 6) is 2.19. The Morgan fingerprint density at radius 2 is 1.89 bits per heavy atom. The molecule has 0 aliphatic rings. The third kappa shape index (κ3) is 3.14. The molecule has 0 atom stereocenters. The summed E-state index contributed by atoms with van der Waals surface area (Å²) >= 11 is 12.1. The van der Waals surface area contributed by atoms with Gasteiger partial charge in [0.05, 0.1) is 18.0 Å². The lowest BCUT2D eigenvalue weighted by Gasteiger charge is -2.14. The molecule has 0 saturated carbocycles. The Balaban J connectivity index is 2.41. The number of aryl methyl sites for hydroxylation is 1. The maximum Gasteiger partial charge on any atom is 0.169 e. The highest BCUT2D eigenvalue weighted by atomic mass is 35.5. The van der Waals surface area contributed by atoms with E-state index >= 15 is 0 Å². The maximum absolute atomic E-state index is 6.16. The van der Waals surface area contributed by atoms with E-state index in [-0.39, 0.29) is 0 Å². The molecule has 2 aromatic rings. The molecule has 0 aromatic heterocycles. The molecule has 0 bridgehead atoms. The summed E-state index contributed by atoms with van der Waals surface area (Å²) in [6.07, 6.45) is 0. The van der Waals surface area contributed by atoms with Gasteiger partial charge in [-0.2, -0.15) is 0 Å². The van der Waals surface area contributed by atoms with Gasteiger partial charge in [0.2, 0.25) is 0 Å². The van der Waals surface area contributed by atoms with Gasteiger partial charge in [-0.05, 0) is 30.7 Å². The van der Waals surface area contributed by atoms with Crippen LogP contribution in [0.15, 0.2) is 36.4 Å². The first-order chi connectivity index (χ1) is 9.15. The molecule has 100 valence electrons. The second-order valence-corrected chi connectivity index (χ2v) is 4.79. The third-order valence-electron chi connectivity index (χ3n) is 2.72. The minimum atomic E-state index is 0.337. The second-order valence-electron chi connectivity index (χ2n) is 4.12. The Labute approximate surface area is 122 Å². The van der Waals surface area contributed by atoms with Crippen molar-refractivity contribution in [2.45, 2.75) is 12.8 Å². The van der Waals surface area contributed by atoms with Crippen LogP contribution in [0, 0.1) is 6.92 Å². The molecular weight excluding hydrogens is 283 g/mol. The molecule has 2 nitrogen and oxygen atoms in total. The van der Waals surface area contributed by atoms with Crippen LogP contribution in [-0.4, -0.2) is 7.11 Å². The van der Waals surface area contributed by atoms with Crippen molar-refractivity contribution in [1.29, 1.82) is 0 Å². The SMILES string of the molecule is COc1cc(C)ccc1Oc1c(Cl)cccc1CCl. The van der Waals surface area contributed by atoms with E-state index in [4.69, 9.17) is 32.7 Å². The molecule has 19 heavy (non-hydrogen) atoms. The van der Waals surface area contributed by atoms with Gasteiger partial charge in [0.25, 0.3) is 0 Å². The van der Waals surface area contributed by atoms with Crippen molar-refractivity contribution in [3.8, 4) is 17.2 Å². The van der Waals surface area contributed by atoms with Crippen molar-refractivity contribution >= 4 is 23.2 Å². The van der Waals surface area contributed by atoms with Crippen LogP contribution in [0.5, 0.6) is 17.2 Å². The van der Waals surface area contributed by atoms with Crippen LogP contribution in [-0.2, 0) is 5.88 Å². The van der Waals surface area contributed by atoms with E-state index in [9.17, 15) is 0 Å². The fraction of sp³-hybridized carbons (Fsp3) is 0.200. The van der Waals surface area contributed by atoms with Gasteiger partial charge in [0, 0.05) is 5.56 Å². The third-order valence-corrected chi connectivity index (χ3v) is 3.31. The maximum atomic E-state index is 6.16. The number of para-hydroxylation sites is 1. The van der Waals surface area contributed by atoms with Crippen LogP contribution in [0.25, 0.3) is 0 Å². The Kier molecular flexibility index (Phi) is 4.56. The predicted molar refractivity (Wildman–Crippen MR) is 78.8 cm³/mol. The minimum Gasteiger partial charge on any atom is -0.493 e. The van der Waals surface area contributed by atoms with Gasteiger partial charge >= 0.3 is 0 Å². The zero-order valence-electron chi connectivity index (χ0n) is 10.7. The van der Waals surface area contributed by atoms with E-state index in [0.717, 1.165) is 11.1 Å². The second kappa shape index (κ2) is 6.18. The number of halogens is 2. The molecule has 0 aliphatic carbocycles. The summed E-state index contributed by atoms with van der Waals surface area (Å²) < 4.78 is 11.2. The molecule has 0 fully saturated rings. The highest BCUT2D eigenvalue weighted by Crippen LogP contribution is 2.38. The molecule has 0 unspecified atom stereocenters. The van der Waals surface area contributed by atoms with E-state index in [1.54, 1.807) is 13.2 Å². The standard InChI is InChI=1S/C15H14Cl2O2/c1-10-6-7-13(14(8-10)18-2)19-15-11(9-16)4-3-5-12(15)17/h3-8H,9H2,1-2H3. The highest BCUT2D eigenvalue weighted by Gasteiger charge is 2.12. The lowest BCUT2D eigenvalue weighted by atomic mass is 10.2. The van der Waals surface area contributed by atoms with Gasteiger partial charge in [0.15, 0.2) is 17.2 Å². The average Bonchev–Trinajstić information content (AvgIpc) is 2.42. The van der Waals surface area contributed by atoms with Crippen molar-refractivity contribution in [2.24, 2.45) is 0 Å².